The lowest BCUT2D eigenvalue weighted by Gasteiger charge is -2.23. The second kappa shape index (κ2) is 6.04. The minimum Gasteiger partial charge on any atom is -0.315 e. The third kappa shape index (κ3) is 3.45. The summed E-state index contributed by atoms with van der Waals surface area (Å²) in [5, 5.41) is 13.5. The van der Waals surface area contributed by atoms with E-state index in [1.54, 1.807) is 0 Å². The Kier molecular flexibility index (Phi) is 4.59. The number of halogens is 1. The zero-order chi connectivity index (χ0) is 14.8. The Labute approximate surface area is 121 Å². The standard InChI is InChI=1S/C11H14ClN3O4S/c12-10-6-9(15(16)17)3-4-11(10)20(18,19)14-8-2-1-5-13-7-8/h3-4,6,8,13-14H,1-2,5,7H2/t8-/m1/s1. The smallest absolute Gasteiger partial charge is 0.271 e. The molecule has 7 nitrogen and oxygen atoms in total. The van der Waals surface area contributed by atoms with E-state index in [2.05, 4.69) is 10.0 Å². The quantitative estimate of drug-likeness (QED) is 0.643. The van der Waals surface area contributed by atoms with Crippen LogP contribution in [0.15, 0.2) is 23.1 Å². The van der Waals surface area contributed by atoms with E-state index in [0.717, 1.165) is 37.6 Å². The topological polar surface area (TPSA) is 101 Å². The number of non-ortho nitro benzene ring substituents is 1. The number of benzene rings is 1. The van der Waals surface area contributed by atoms with Gasteiger partial charge in [0.15, 0.2) is 0 Å². The van der Waals surface area contributed by atoms with Gasteiger partial charge >= 0.3 is 0 Å². The number of sulfonamides is 1. The Hall–Kier alpha value is -1.22. The van der Waals surface area contributed by atoms with E-state index in [1.807, 2.05) is 0 Å². The number of hydrogen-bond donors (Lipinski definition) is 2. The van der Waals surface area contributed by atoms with Crippen molar-refractivity contribution >= 4 is 27.3 Å². The first kappa shape index (κ1) is 15.2. The van der Waals surface area contributed by atoms with Crippen LogP contribution in [0.25, 0.3) is 0 Å². The molecule has 0 bridgehead atoms. The normalized spacial score (nSPS) is 19.8. The fourth-order valence-corrected chi connectivity index (χ4v) is 3.87. The maximum Gasteiger partial charge on any atom is 0.271 e. The highest BCUT2D eigenvalue weighted by atomic mass is 35.5. The third-order valence-electron chi connectivity index (χ3n) is 3.03. The summed E-state index contributed by atoms with van der Waals surface area (Å²) in [5.74, 6) is 0. The molecule has 0 spiro atoms. The van der Waals surface area contributed by atoms with Gasteiger partial charge < -0.3 is 5.32 Å². The highest BCUT2D eigenvalue weighted by molar-refractivity contribution is 7.89. The van der Waals surface area contributed by atoms with Crippen LogP contribution in [0.2, 0.25) is 5.02 Å². The summed E-state index contributed by atoms with van der Waals surface area (Å²) in [7, 11) is -3.78. The molecule has 2 rings (SSSR count). The molecule has 0 aliphatic carbocycles. The van der Waals surface area contributed by atoms with E-state index in [9.17, 15) is 18.5 Å². The van der Waals surface area contributed by atoms with Gasteiger partial charge in [-0.05, 0) is 25.5 Å². The van der Waals surface area contributed by atoms with Crippen LogP contribution in [0.5, 0.6) is 0 Å². The molecular weight excluding hydrogens is 306 g/mol. The minimum absolute atomic E-state index is 0.143. The Balaban J connectivity index is 2.22. The SMILES string of the molecule is O=[N+]([O-])c1ccc(S(=O)(=O)N[C@@H]2CCCNC2)c(Cl)c1. The Morgan fingerprint density at radius 3 is 2.75 bits per heavy atom. The van der Waals surface area contributed by atoms with Crippen LogP contribution in [0, 0.1) is 10.1 Å². The molecule has 1 atom stereocenters. The Bertz CT molecular complexity index is 614. The fourth-order valence-electron chi connectivity index (χ4n) is 2.06. The van der Waals surface area contributed by atoms with E-state index in [1.165, 1.54) is 0 Å². The summed E-state index contributed by atoms with van der Waals surface area (Å²) in [6.45, 7) is 1.43. The molecule has 20 heavy (non-hydrogen) atoms. The van der Waals surface area contributed by atoms with Crippen molar-refractivity contribution < 1.29 is 13.3 Å². The third-order valence-corrected chi connectivity index (χ3v) is 5.04. The predicted octanol–water partition coefficient (Wildman–Crippen LogP) is 1.28. The Morgan fingerprint density at radius 2 is 2.20 bits per heavy atom. The zero-order valence-electron chi connectivity index (χ0n) is 10.5. The summed E-state index contributed by atoms with van der Waals surface area (Å²) in [4.78, 5) is 9.84. The average molecular weight is 320 g/mol. The molecule has 1 fully saturated rings. The molecule has 110 valence electrons. The number of nitro benzene ring substituents is 1. The number of nitro groups is 1. The Morgan fingerprint density at radius 1 is 1.45 bits per heavy atom. The summed E-state index contributed by atoms with van der Waals surface area (Å²) < 4.78 is 27.0. The number of nitrogens with zero attached hydrogens (tertiary/aromatic N) is 1. The maximum atomic E-state index is 12.2. The number of nitrogens with one attached hydrogen (secondary N) is 2. The minimum atomic E-state index is -3.78. The molecule has 1 saturated heterocycles. The van der Waals surface area contributed by atoms with Gasteiger partial charge in [-0.1, -0.05) is 11.6 Å². The van der Waals surface area contributed by atoms with Crippen LogP contribution in [-0.2, 0) is 10.0 Å². The van der Waals surface area contributed by atoms with Crippen molar-refractivity contribution in [1.82, 2.24) is 10.0 Å². The molecule has 0 aromatic heterocycles. The predicted molar refractivity (Wildman–Crippen MR) is 74.3 cm³/mol. The molecule has 1 aromatic rings. The van der Waals surface area contributed by atoms with E-state index < -0.39 is 14.9 Å². The van der Waals surface area contributed by atoms with Crippen molar-refractivity contribution in [1.29, 1.82) is 0 Å². The largest absolute Gasteiger partial charge is 0.315 e. The summed E-state index contributed by atoms with van der Waals surface area (Å²) in [6.07, 6.45) is 1.64. The summed E-state index contributed by atoms with van der Waals surface area (Å²) >= 11 is 5.84. The highest BCUT2D eigenvalue weighted by Crippen LogP contribution is 2.26. The van der Waals surface area contributed by atoms with Crippen LogP contribution < -0.4 is 10.0 Å². The first-order chi connectivity index (χ1) is 9.40. The molecule has 1 heterocycles. The van der Waals surface area contributed by atoms with Gasteiger partial charge in [-0.3, -0.25) is 10.1 Å². The molecule has 9 heteroatoms. The summed E-state index contributed by atoms with van der Waals surface area (Å²) in [5.41, 5.74) is -0.242. The lowest BCUT2D eigenvalue weighted by atomic mass is 10.1. The maximum absolute atomic E-state index is 12.2. The first-order valence-corrected chi connectivity index (χ1v) is 7.93. The molecule has 1 aliphatic heterocycles. The van der Waals surface area contributed by atoms with Gasteiger partial charge in [-0.2, -0.15) is 0 Å². The van der Waals surface area contributed by atoms with Gasteiger partial charge in [0.25, 0.3) is 5.69 Å². The molecule has 1 aliphatic rings. The number of piperidine rings is 1. The van der Waals surface area contributed by atoms with Crippen LogP contribution in [0.3, 0.4) is 0 Å². The molecule has 0 amide bonds. The van der Waals surface area contributed by atoms with E-state index in [-0.39, 0.29) is 21.6 Å². The van der Waals surface area contributed by atoms with E-state index in [4.69, 9.17) is 11.6 Å². The molecule has 0 radical (unpaired) electrons. The van der Waals surface area contributed by atoms with Gasteiger partial charge in [-0.25, -0.2) is 13.1 Å². The van der Waals surface area contributed by atoms with Crippen molar-refractivity contribution in [2.75, 3.05) is 13.1 Å². The second-order valence-corrected chi connectivity index (χ2v) is 6.63. The second-order valence-electron chi connectivity index (χ2n) is 4.54. The van der Waals surface area contributed by atoms with Gasteiger partial charge in [0.05, 0.1) is 9.95 Å². The van der Waals surface area contributed by atoms with Crippen LogP contribution in [-0.4, -0.2) is 32.5 Å². The van der Waals surface area contributed by atoms with Gasteiger partial charge in [0.1, 0.15) is 4.90 Å². The fraction of sp³-hybridized carbons (Fsp3) is 0.455. The van der Waals surface area contributed by atoms with Gasteiger partial charge in [0.2, 0.25) is 10.0 Å². The van der Waals surface area contributed by atoms with Crippen LogP contribution in [0.1, 0.15) is 12.8 Å². The van der Waals surface area contributed by atoms with Crippen molar-refractivity contribution in [2.24, 2.45) is 0 Å². The van der Waals surface area contributed by atoms with E-state index >= 15 is 0 Å². The number of hydrogen-bond acceptors (Lipinski definition) is 5. The van der Waals surface area contributed by atoms with Crippen LogP contribution >= 0.6 is 11.6 Å². The van der Waals surface area contributed by atoms with Crippen molar-refractivity contribution in [3.63, 3.8) is 0 Å². The highest BCUT2D eigenvalue weighted by Gasteiger charge is 2.24. The molecule has 1 aromatic carbocycles. The molecule has 0 unspecified atom stereocenters. The van der Waals surface area contributed by atoms with Crippen LogP contribution in [0.4, 0.5) is 5.69 Å². The first-order valence-electron chi connectivity index (χ1n) is 6.07. The van der Waals surface area contributed by atoms with Crippen molar-refractivity contribution in [3.8, 4) is 0 Å². The van der Waals surface area contributed by atoms with Crippen molar-refractivity contribution in [3.05, 3.63) is 33.3 Å². The lowest BCUT2D eigenvalue weighted by molar-refractivity contribution is -0.384. The van der Waals surface area contributed by atoms with Gasteiger partial charge in [0, 0.05) is 24.7 Å². The van der Waals surface area contributed by atoms with Crippen molar-refractivity contribution in [2.45, 2.75) is 23.8 Å². The average Bonchev–Trinajstić information content (AvgIpc) is 2.38. The molecule has 2 N–H and O–H groups in total. The monoisotopic (exact) mass is 319 g/mol. The number of rotatable bonds is 4. The lowest BCUT2D eigenvalue weighted by Crippen LogP contribution is -2.45. The molecular formula is C11H14ClN3O4S. The van der Waals surface area contributed by atoms with E-state index in [0.29, 0.717) is 6.54 Å². The van der Waals surface area contributed by atoms with Gasteiger partial charge in [-0.15, -0.1) is 0 Å². The summed E-state index contributed by atoms with van der Waals surface area (Å²) in [6, 6.07) is 3.12. The zero-order valence-corrected chi connectivity index (χ0v) is 12.1. The molecule has 0 saturated carbocycles.